The smallest absolute Gasteiger partial charge is 0.321 e. The minimum Gasteiger partial charge on any atom is -0.333 e. The summed E-state index contributed by atoms with van der Waals surface area (Å²) in [5.41, 5.74) is -0.384. The monoisotopic (exact) mass is 272 g/mol. The highest BCUT2D eigenvalue weighted by atomic mass is 32.2. The lowest BCUT2D eigenvalue weighted by atomic mass is 10.1. The van der Waals surface area contributed by atoms with Crippen molar-refractivity contribution in [1.29, 1.82) is 0 Å². The van der Waals surface area contributed by atoms with E-state index in [1.54, 1.807) is 7.05 Å². The number of carbonyl (C=O) groups is 2. The van der Waals surface area contributed by atoms with Crippen LogP contribution >= 0.6 is 11.8 Å². The third kappa shape index (κ3) is 5.13. The van der Waals surface area contributed by atoms with E-state index in [4.69, 9.17) is 0 Å². The number of hydrogen-bond donors (Lipinski definition) is 2. The maximum absolute atomic E-state index is 11.5. The molecule has 0 saturated carbocycles. The number of imide groups is 1. The van der Waals surface area contributed by atoms with Crippen molar-refractivity contribution in [2.24, 2.45) is 7.05 Å². The highest BCUT2D eigenvalue weighted by Gasteiger charge is 2.16. The zero-order valence-corrected chi connectivity index (χ0v) is 11.5. The molecule has 8 nitrogen and oxygen atoms in total. The van der Waals surface area contributed by atoms with Crippen LogP contribution in [0.5, 0.6) is 0 Å². The minimum atomic E-state index is -0.510. The summed E-state index contributed by atoms with van der Waals surface area (Å²) in [7, 11) is 1.67. The Morgan fingerprint density at radius 1 is 1.39 bits per heavy atom. The van der Waals surface area contributed by atoms with Crippen LogP contribution in [0.15, 0.2) is 5.16 Å². The molecule has 1 aromatic rings. The Balaban J connectivity index is 2.34. The summed E-state index contributed by atoms with van der Waals surface area (Å²) in [6.07, 6.45) is 0. The molecule has 0 radical (unpaired) electrons. The van der Waals surface area contributed by atoms with E-state index in [9.17, 15) is 9.59 Å². The number of nitrogens with one attached hydrogen (secondary N) is 2. The quantitative estimate of drug-likeness (QED) is 0.747. The second-order valence-corrected chi connectivity index (χ2v) is 5.57. The number of aryl methyl sites for hydroxylation is 1. The molecule has 1 aromatic heterocycles. The summed E-state index contributed by atoms with van der Waals surface area (Å²) >= 11 is 1.16. The third-order valence-electron chi connectivity index (χ3n) is 1.66. The Morgan fingerprint density at radius 3 is 2.56 bits per heavy atom. The number of thioether (sulfide) groups is 1. The van der Waals surface area contributed by atoms with Crippen LogP contribution in [0.3, 0.4) is 0 Å². The molecule has 0 saturated heterocycles. The molecule has 0 bridgehead atoms. The van der Waals surface area contributed by atoms with Crippen molar-refractivity contribution in [3.63, 3.8) is 0 Å². The van der Waals surface area contributed by atoms with Gasteiger partial charge in [0, 0.05) is 12.6 Å². The van der Waals surface area contributed by atoms with Crippen LogP contribution in [0.2, 0.25) is 0 Å². The third-order valence-corrected chi connectivity index (χ3v) is 2.67. The molecule has 3 amide bonds. The first kappa shape index (κ1) is 14.4. The van der Waals surface area contributed by atoms with Gasteiger partial charge in [0.1, 0.15) is 0 Å². The van der Waals surface area contributed by atoms with E-state index in [-0.39, 0.29) is 11.3 Å². The first-order valence-electron chi connectivity index (χ1n) is 5.25. The number of amides is 3. The minimum absolute atomic E-state index is 0.0752. The summed E-state index contributed by atoms with van der Waals surface area (Å²) in [6.45, 7) is 5.49. The van der Waals surface area contributed by atoms with E-state index in [2.05, 4.69) is 26.2 Å². The summed E-state index contributed by atoms with van der Waals surface area (Å²) in [6, 6.07) is -0.510. The maximum Gasteiger partial charge on any atom is 0.321 e. The van der Waals surface area contributed by atoms with Crippen LogP contribution in [0.25, 0.3) is 0 Å². The van der Waals surface area contributed by atoms with Gasteiger partial charge in [-0.15, -0.1) is 5.10 Å². The van der Waals surface area contributed by atoms with Crippen LogP contribution in [0.4, 0.5) is 4.79 Å². The molecule has 0 fully saturated rings. The van der Waals surface area contributed by atoms with Crippen LogP contribution < -0.4 is 10.6 Å². The molecule has 0 spiro atoms. The van der Waals surface area contributed by atoms with Crippen LogP contribution in [-0.4, -0.2) is 43.4 Å². The SMILES string of the molecule is Cn1nnnc1SCC(=O)NC(=O)NC(C)(C)C. The van der Waals surface area contributed by atoms with Crippen molar-refractivity contribution in [2.45, 2.75) is 31.5 Å². The molecule has 0 atom stereocenters. The second-order valence-electron chi connectivity index (χ2n) is 4.63. The molecule has 0 aliphatic rings. The molecule has 2 N–H and O–H groups in total. The zero-order valence-electron chi connectivity index (χ0n) is 10.7. The van der Waals surface area contributed by atoms with Crippen LogP contribution in [-0.2, 0) is 11.8 Å². The van der Waals surface area contributed by atoms with Crippen molar-refractivity contribution >= 4 is 23.7 Å². The lowest BCUT2D eigenvalue weighted by Crippen LogP contribution is -2.48. The summed E-state index contributed by atoms with van der Waals surface area (Å²) < 4.78 is 1.45. The molecule has 18 heavy (non-hydrogen) atoms. The molecule has 9 heteroatoms. The van der Waals surface area contributed by atoms with Gasteiger partial charge in [0.05, 0.1) is 5.75 Å². The van der Waals surface area contributed by atoms with Gasteiger partial charge in [0.25, 0.3) is 0 Å². The van der Waals surface area contributed by atoms with E-state index >= 15 is 0 Å². The molecule has 0 aliphatic heterocycles. The Labute approximate surface area is 109 Å². The van der Waals surface area contributed by atoms with Gasteiger partial charge in [-0.25, -0.2) is 9.48 Å². The fraction of sp³-hybridized carbons (Fsp3) is 0.667. The number of aromatic nitrogens is 4. The molecule has 1 rings (SSSR count). The Kier molecular flexibility index (Phi) is 4.65. The van der Waals surface area contributed by atoms with Crippen molar-refractivity contribution < 1.29 is 9.59 Å². The zero-order chi connectivity index (χ0) is 13.8. The van der Waals surface area contributed by atoms with Gasteiger partial charge in [-0.05, 0) is 31.2 Å². The highest BCUT2D eigenvalue weighted by molar-refractivity contribution is 7.99. The van der Waals surface area contributed by atoms with E-state index in [0.29, 0.717) is 5.16 Å². The lowest BCUT2D eigenvalue weighted by Gasteiger charge is -2.20. The Bertz CT molecular complexity index is 439. The Morgan fingerprint density at radius 2 is 2.06 bits per heavy atom. The predicted octanol–water partition coefficient (Wildman–Crippen LogP) is -0.0735. The Hall–Kier alpha value is -1.64. The van der Waals surface area contributed by atoms with Crippen molar-refractivity contribution in [3.8, 4) is 0 Å². The largest absolute Gasteiger partial charge is 0.333 e. The number of urea groups is 1. The number of rotatable bonds is 3. The fourth-order valence-corrected chi connectivity index (χ4v) is 1.66. The van der Waals surface area contributed by atoms with Crippen molar-refractivity contribution in [2.75, 3.05) is 5.75 Å². The standard InChI is InChI=1S/C9H16N6O2S/c1-9(2,3)11-7(17)10-6(16)5-18-8-12-13-14-15(8)4/h5H2,1-4H3,(H2,10,11,16,17). The average molecular weight is 272 g/mol. The average Bonchev–Trinajstić information content (AvgIpc) is 2.57. The van der Waals surface area contributed by atoms with Crippen molar-refractivity contribution in [1.82, 2.24) is 30.8 Å². The molecule has 1 heterocycles. The summed E-state index contributed by atoms with van der Waals surface area (Å²) in [5.74, 6) is -0.323. The predicted molar refractivity (Wildman–Crippen MR) is 65.9 cm³/mol. The van der Waals surface area contributed by atoms with Gasteiger partial charge in [0.2, 0.25) is 11.1 Å². The van der Waals surface area contributed by atoms with Gasteiger partial charge in [-0.1, -0.05) is 11.8 Å². The van der Waals surface area contributed by atoms with E-state index in [1.807, 2.05) is 20.8 Å². The van der Waals surface area contributed by atoms with Gasteiger partial charge < -0.3 is 5.32 Å². The van der Waals surface area contributed by atoms with Crippen LogP contribution in [0, 0.1) is 0 Å². The number of tetrazole rings is 1. The summed E-state index contributed by atoms with van der Waals surface area (Å²) in [4.78, 5) is 22.9. The molecular weight excluding hydrogens is 256 g/mol. The first-order chi connectivity index (χ1) is 8.28. The molecule has 0 unspecified atom stereocenters. The first-order valence-corrected chi connectivity index (χ1v) is 6.23. The fourth-order valence-electron chi connectivity index (χ4n) is 1.01. The maximum atomic E-state index is 11.5. The number of nitrogens with zero attached hydrogens (tertiary/aromatic N) is 4. The van der Waals surface area contributed by atoms with Crippen LogP contribution in [0.1, 0.15) is 20.8 Å². The molecule has 0 aliphatic carbocycles. The normalized spacial score (nSPS) is 11.1. The van der Waals surface area contributed by atoms with Gasteiger partial charge >= 0.3 is 6.03 Å². The summed E-state index contributed by atoms with van der Waals surface area (Å²) in [5, 5.41) is 16.2. The van der Waals surface area contributed by atoms with E-state index < -0.39 is 11.9 Å². The number of hydrogen-bond acceptors (Lipinski definition) is 6. The van der Waals surface area contributed by atoms with Gasteiger partial charge in [0.15, 0.2) is 0 Å². The second kappa shape index (κ2) is 5.80. The number of carbonyl (C=O) groups excluding carboxylic acids is 2. The van der Waals surface area contributed by atoms with E-state index in [1.165, 1.54) is 4.68 Å². The van der Waals surface area contributed by atoms with E-state index in [0.717, 1.165) is 11.8 Å². The van der Waals surface area contributed by atoms with Gasteiger partial charge in [-0.2, -0.15) is 0 Å². The van der Waals surface area contributed by atoms with Gasteiger partial charge in [-0.3, -0.25) is 10.1 Å². The lowest BCUT2D eigenvalue weighted by molar-refractivity contribution is -0.117. The molecule has 100 valence electrons. The molecular formula is C9H16N6O2S. The molecule has 0 aromatic carbocycles. The highest BCUT2D eigenvalue weighted by Crippen LogP contribution is 2.11. The van der Waals surface area contributed by atoms with Crippen molar-refractivity contribution in [3.05, 3.63) is 0 Å². The topological polar surface area (TPSA) is 102 Å².